The first-order valence-corrected chi connectivity index (χ1v) is 33.7. The number of ether oxygens (including phenoxy) is 2. The molecule has 15 nitrogen and oxygen atoms in total. The molecular formula is C62H81ClF3N7O8S3. The van der Waals surface area contributed by atoms with Crippen LogP contribution in [-0.4, -0.2) is 170 Å². The average Bonchev–Trinajstić information content (AvgIpc) is 3.51. The van der Waals surface area contributed by atoms with Gasteiger partial charge in [-0.25, -0.2) is 26.4 Å². The van der Waals surface area contributed by atoms with Gasteiger partial charge in [0.05, 0.1) is 23.8 Å². The van der Waals surface area contributed by atoms with Crippen LogP contribution >= 0.6 is 23.4 Å². The number of likely N-dealkylation sites (tertiary alicyclic amines) is 2. The van der Waals surface area contributed by atoms with Crippen LogP contribution in [0.25, 0.3) is 5.57 Å². The quantitative estimate of drug-likeness (QED) is 0.0853. The van der Waals surface area contributed by atoms with Crippen LogP contribution in [0.5, 0.6) is 0 Å². The van der Waals surface area contributed by atoms with Crippen LogP contribution in [0.4, 0.5) is 29.3 Å². The van der Waals surface area contributed by atoms with E-state index in [1.807, 2.05) is 72.9 Å². The second kappa shape index (κ2) is 27.4. The van der Waals surface area contributed by atoms with E-state index in [4.69, 9.17) is 21.1 Å². The van der Waals surface area contributed by atoms with Crippen LogP contribution in [0.2, 0.25) is 5.02 Å². The van der Waals surface area contributed by atoms with Crippen molar-refractivity contribution in [3.8, 4) is 0 Å². The number of sulfone groups is 1. The highest BCUT2D eigenvalue weighted by Gasteiger charge is 2.49. The summed E-state index contributed by atoms with van der Waals surface area (Å²) in [4.78, 5) is 36.5. The number of amides is 2. The molecule has 84 heavy (non-hydrogen) atoms. The fraction of sp³-hybridized carbons (Fsp3) is 0.548. The van der Waals surface area contributed by atoms with Gasteiger partial charge in [-0.05, 0) is 180 Å². The summed E-state index contributed by atoms with van der Waals surface area (Å²) in [5.74, 6) is 0.647. The Balaban J connectivity index is 0.804. The van der Waals surface area contributed by atoms with E-state index in [1.54, 1.807) is 12.1 Å². The summed E-state index contributed by atoms with van der Waals surface area (Å²) in [6.45, 7) is 19.8. The average molecular weight is 1240 g/mol. The lowest BCUT2D eigenvalue weighted by molar-refractivity contribution is -0.0436. The standard InChI is InChI=1S/C62H81ClF3N7O8S3/c1-60(2,3)81-59(75)73-30-23-46(24-31-73)45-21-27-71(28-22-45)44-61(4)26-20-55(47-10-14-50(63)15-11-47)49(41-61)42-70-32-34-72(35-33-70)52-16-12-48(13-17-52)58(74)68-84(78,79)54-18-19-56(57(40-54)83(76,77)62(64,65)66)67-51(25-29-69-36-38-80-39-37-69)43-82-53-8-6-5-7-9-53/h5-19,40,45-46,51,67H,20-39,41-44H2,1-4H3,(H,68,74)/t51-,61?/m1/s1. The summed E-state index contributed by atoms with van der Waals surface area (Å²) in [5, 5.41) is 3.72. The van der Waals surface area contributed by atoms with Crippen molar-refractivity contribution in [2.75, 3.05) is 114 Å². The van der Waals surface area contributed by atoms with E-state index in [0.29, 0.717) is 81.0 Å². The zero-order valence-electron chi connectivity index (χ0n) is 48.7. The highest BCUT2D eigenvalue weighted by molar-refractivity contribution is 7.99. The summed E-state index contributed by atoms with van der Waals surface area (Å²) in [6, 6.07) is 26.0. The molecule has 4 fully saturated rings. The van der Waals surface area contributed by atoms with Gasteiger partial charge in [-0.2, -0.15) is 13.2 Å². The van der Waals surface area contributed by atoms with Crippen LogP contribution in [-0.2, 0) is 29.3 Å². The molecule has 0 saturated carbocycles. The van der Waals surface area contributed by atoms with Gasteiger partial charge in [0.2, 0.25) is 0 Å². The molecule has 1 aliphatic carbocycles. The summed E-state index contributed by atoms with van der Waals surface area (Å²) in [6.07, 6.45) is 7.74. The maximum absolute atomic E-state index is 14.3. The molecule has 22 heteroatoms. The molecule has 1 unspecified atom stereocenters. The van der Waals surface area contributed by atoms with Crippen LogP contribution in [0, 0.1) is 17.3 Å². The number of benzene rings is 4. The molecule has 0 aromatic heterocycles. The molecule has 458 valence electrons. The van der Waals surface area contributed by atoms with Gasteiger partial charge in [0, 0.05) is 105 Å². The summed E-state index contributed by atoms with van der Waals surface area (Å²) < 4.78 is 110. The lowest BCUT2D eigenvalue weighted by Crippen LogP contribution is -2.48. The number of halogens is 4. The third-order valence-electron chi connectivity index (χ3n) is 17.2. The minimum atomic E-state index is -6.08. The molecule has 4 aliphatic heterocycles. The van der Waals surface area contributed by atoms with Gasteiger partial charge in [0.15, 0.2) is 0 Å². The fourth-order valence-corrected chi connectivity index (χ4v) is 15.7. The second-order valence-corrected chi connectivity index (χ2v) is 29.7. The van der Waals surface area contributed by atoms with Gasteiger partial charge in [-0.1, -0.05) is 54.4 Å². The number of piperidine rings is 2. The molecule has 0 radical (unpaired) electrons. The van der Waals surface area contributed by atoms with E-state index in [-0.39, 0.29) is 17.1 Å². The number of carbonyl (C=O) groups excluding carboxylic acids is 2. The SMILES string of the molecule is CC1(CN2CCC(C3CCN(C(=O)OC(C)(C)C)CC3)CC2)CCC(c2ccc(Cl)cc2)=C(CN2CCN(c3ccc(C(=O)NS(=O)(=O)c4ccc(N[C@H](CCN5CCOCC5)CSc5ccccc5)c(S(=O)(=O)C(F)(F)F)c4)cc3)CC2)C1. The van der Waals surface area contributed by atoms with E-state index >= 15 is 0 Å². The van der Waals surface area contributed by atoms with Crippen molar-refractivity contribution in [2.24, 2.45) is 17.3 Å². The lowest BCUT2D eigenvalue weighted by Gasteiger charge is -2.45. The highest BCUT2D eigenvalue weighted by atomic mass is 35.5. The molecule has 9 rings (SSSR count). The van der Waals surface area contributed by atoms with Gasteiger partial charge < -0.3 is 29.5 Å². The first-order valence-electron chi connectivity index (χ1n) is 29.4. The number of morpholine rings is 1. The zero-order valence-corrected chi connectivity index (χ0v) is 51.9. The topological polar surface area (TPSA) is 161 Å². The smallest absolute Gasteiger partial charge is 0.444 e. The molecule has 0 spiro atoms. The van der Waals surface area contributed by atoms with Crippen LogP contribution in [0.1, 0.15) is 95.0 Å². The normalized spacial score (nSPS) is 21.1. The first kappa shape index (κ1) is 63.6. The number of hydrogen-bond donors (Lipinski definition) is 2. The maximum atomic E-state index is 14.3. The number of sulfonamides is 1. The number of alkyl halides is 3. The molecule has 4 aromatic carbocycles. The van der Waals surface area contributed by atoms with Gasteiger partial charge >= 0.3 is 11.6 Å². The molecule has 4 saturated heterocycles. The Morgan fingerprint density at radius 3 is 2.06 bits per heavy atom. The van der Waals surface area contributed by atoms with E-state index < -0.39 is 58.4 Å². The predicted octanol–water partition coefficient (Wildman–Crippen LogP) is 11.2. The fourth-order valence-electron chi connectivity index (χ4n) is 12.5. The molecular weight excluding hydrogens is 1160 g/mol. The second-order valence-electron chi connectivity index (χ2n) is 24.6. The molecule has 2 N–H and O–H groups in total. The molecule has 4 aromatic rings. The molecule has 5 aliphatic rings. The van der Waals surface area contributed by atoms with Crippen LogP contribution in [0.15, 0.2) is 117 Å². The van der Waals surface area contributed by atoms with Crippen LogP contribution < -0.4 is 14.9 Å². The Hall–Kier alpha value is -4.87. The summed E-state index contributed by atoms with van der Waals surface area (Å²) in [7, 11) is -11.0. The van der Waals surface area contributed by atoms with Crippen molar-refractivity contribution in [1.29, 1.82) is 0 Å². The summed E-state index contributed by atoms with van der Waals surface area (Å²) >= 11 is 7.82. The maximum Gasteiger partial charge on any atom is 0.501 e. The van der Waals surface area contributed by atoms with Gasteiger partial charge in [-0.15, -0.1) is 11.8 Å². The Morgan fingerprint density at radius 1 is 0.786 bits per heavy atom. The van der Waals surface area contributed by atoms with Crippen molar-refractivity contribution in [1.82, 2.24) is 24.3 Å². The van der Waals surface area contributed by atoms with Crippen molar-refractivity contribution >= 4 is 72.2 Å². The van der Waals surface area contributed by atoms with E-state index in [2.05, 4.69) is 44.0 Å². The van der Waals surface area contributed by atoms with Crippen molar-refractivity contribution in [2.45, 2.75) is 111 Å². The third-order valence-corrected chi connectivity index (χ3v) is 21.4. The Kier molecular flexibility index (Phi) is 20.8. The largest absolute Gasteiger partial charge is 0.501 e. The summed E-state index contributed by atoms with van der Waals surface area (Å²) in [5.41, 5.74) is -1.65. The van der Waals surface area contributed by atoms with Gasteiger partial charge in [-0.3, -0.25) is 14.6 Å². The number of hydrogen-bond acceptors (Lipinski definition) is 14. The molecule has 0 bridgehead atoms. The van der Waals surface area contributed by atoms with Crippen LogP contribution in [0.3, 0.4) is 0 Å². The van der Waals surface area contributed by atoms with E-state index in [9.17, 15) is 39.6 Å². The predicted molar refractivity (Wildman–Crippen MR) is 326 cm³/mol. The number of rotatable bonds is 19. The van der Waals surface area contributed by atoms with Gasteiger partial charge in [0.1, 0.15) is 10.5 Å². The number of allylic oxidation sites excluding steroid dienone is 1. The molecule has 2 amide bonds. The minimum Gasteiger partial charge on any atom is -0.444 e. The molecule has 2 atom stereocenters. The van der Waals surface area contributed by atoms with Gasteiger partial charge in [0.25, 0.3) is 25.8 Å². The number of nitrogens with one attached hydrogen (secondary N) is 2. The van der Waals surface area contributed by atoms with Crippen molar-refractivity contribution in [3.63, 3.8) is 0 Å². The highest BCUT2D eigenvalue weighted by Crippen LogP contribution is 2.45. The van der Waals surface area contributed by atoms with Crippen molar-refractivity contribution in [3.05, 3.63) is 119 Å². The van der Waals surface area contributed by atoms with E-state index in [1.165, 1.54) is 53.4 Å². The number of piperazine rings is 1. The third kappa shape index (κ3) is 16.8. The Morgan fingerprint density at radius 2 is 1.43 bits per heavy atom. The first-order chi connectivity index (χ1) is 39.9. The number of nitrogens with zero attached hydrogens (tertiary/aromatic N) is 5. The monoisotopic (exact) mass is 1240 g/mol. The Bertz CT molecular complexity index is 3140. The number of carbonyl (C=O) groups is 2. The minimum absolute atomic E-state index is 0.00906. The van der Waals surface area contributed by atoms with E-state index in [0.717, 1.165) is 107 Å². The Labute approximate surface area is 504 Å². The number of anilines is 2. The zero-order chi connectivity index (χ0) is 59.9. The number of thioether (sulfide) groups is 1. The lowest BCUT2D eigenvalue weighted by atomic mass is 9.70. The molecule has 4 heterocycles. The van der Waals surface area contributed by atoms with Crippen molar-refractivity contribution < 1.29 is 49.1 Å².